The molecule has 0 unspecified atom stereocenters. The normalized spacial score (nSPS) is 10.8. The van der Waals surface area contributed by atoms with Gasteiger partial charge in [0, 0.05) is 10.9 Å². The summed E-state index contributed by atoms with van der Waals surface area (Å²) in [7, 11) is 1.69. The highest BCUT2D eigenvalue weighted by atomic mass is 16.5. The van der Waals surface area contributed by atoms with Gasteiger partial charge in [0.25, 0.3) is 0 Å². The molecule has 0 fully saturated rings. The van der Waals surface area contributed by atoms with Gasteiger partial charge < -0.3 is 4.74 Å². The number of methoxy groups -OCH3 is 1. The summed E-state index contributed by atoms with van der Waals surface area (Å²) in [6, 6.07) is 26.5. The highest BCUT2D eigenvalue weighted by Gasteiger charge is 2.14. The van der Waals surface area contributed by atoms with Crippen LogP contribution in [-0.4, -0.2) is 16.9 Å². The van der Waals surface area contributed by atoms with E-state index in [-0.39, 0.29) is 0 Å². The molecule has 3 aromatic carbocycles. The number of aromatic nitrogens is 2. The Bertz CT molecular complexity index is 943. The molecule has 0 aliphatic rings. The van der Waals surface area contributed by atoms with Crippen molar-refractivity contribution in [3.05, 3.63) is 78.9 Å². The van der Waals surface area contributed by atoms with Crippen LogP contribution in [0.2, 0.25) is 0 Å². The molecule has 23 heavy (non-hydrogen) atoms. The van der Waals surface area contributed by atoms with Crippen LogP contribution in [0.15, 0.2) is 78.9 Å². The van der Waals surface area contributed by atoms with Gasteiger partial charge in [-0.2, -0.15) is 5.10 Å². The Labute approximate surface area is 134 Å². The Morgan fingerprint density at radius 2 is 1.52 bits per heavy atom. The lowest BCUT2D eigenvalue weighted by atomic mass is 10.1. The molecule has 0 radical (unpaired) electrons. The lowest BCUT2D eigenvalue weighted by Gasteiger charge is -2.03. The number of fused-ring (bicyclic) bond motifs is 1. The van der Waals surface area contributed by atoms with E-state index in [1.54, 1.807) is 7.11 Å². The van der Waals surface area contributed by atoms with Crippen LogP contribution in [0.5, 0.6) is 5.75 Å². The zero-order valence-electron chi connectivity index (χ0n) is 12.8. The molecule has 0 N–H and O–H groups in total. The molecule has 0 spiro atoms. The van der Waals surface area contributed by atoms with Crippen LogP contribution in [0.25, 0.3) is 27.8 Å². The van der Waals surface area contributed by atoms with Gasteiger partial charge in [-0.1, -0.05) is 48.5 Å². The van der Waals surface area contributed by atoms with E-state index in [0.29, 0.717) is 0 Å². The Balaban J connectivity index is 2.02. The molecule has 0 atom stereocenters. The molecule has 4 aromatic rings. The van der Waals surface area contributed by atoms with E-state index >= 15 is 0 Å². The lowest BCUT2D eigenvalue weighted by Crippen LogP contribution is -1.95. The summed E-state index contributed by atoms with van der Waals surface area (Å²) in [5.74, 6) is 0.835. The zero-order valence-corrected chi connectivity index (χ0v) is 12.8. The number of benzene rings is 3. The molecular weight excluding hydrogens is 284 g/mol. The zero-order chi connectivity index (χ0) is 15.6. The summed E-state index contributed by atoms with van der Waals surface area (Å²) >= 11 is 0. The summed E-state index contributed by atoms with van der Waals surface area (Å²) in [4.78, 5) is 0. The maximum absolute atomic E-state index is 5.39. The van der Waals surface area contributed by atoms with Crippen molar-refractivity contribution in [1.82, 2.24) is 9.78 Å². The highest BCUT2D eigenvalue weighted by molar-refractivity contribution is 5.95. The summed E-state index contributed by atoms with van der Waals surface area (Å²) in [5.41, 5.74) is 4.17. The van der Waals surface area contributed by atoms with Crippen molar-refractivity contribution < 1.29 is 4.74 Å². The molecule has 4 rings (SSSR count). The fraction of sp³-hybridized carbons (Fsp3) is 0.0500. The summed E-state index contributed by atoms with van der Waals surface area (Å²) in [6.07, 6.45) is 0. The first kappa shape index (κ1) is 13.6. The molecule has 0 saturated heterocycles. The van der Waals surface area contributed by atoms with Crippen LogP contribution in [0, 0.1) is 0 Å². The topological polar surface area (TPSA) is 27.1 Å². The van der Waals surface area contributed by atoms with Crippen molar-refractivity contribution in [2.24, 2.45) is 0 Å². The Morgan fingerprint density at radius 1 is 0.826 bits per heavy atom. The Morgan fingerprint density at radius 3 is 2.22 bits per heavy atom. The first-order valence-corrected chi connectivity index (χ1v) is 7.54. The van der Waals surface area contributed by atoms with E-state index < -0.39 is 0 Å². The van der Waals surface area contributed by atoms with Crippen molar-refractivity contribution in [3.63, 3.8) is 0 Å². The minimum Gasteiger partial charge on any atom is -0.497 e. The van der Waals surface area contributed by atoms with Crippen LogP contribution in [0.4, 0.5) is 0 Å². The van der Waals surface area contributed by atoms with E-state index in [0.717, 1.165) is 33.6 Å². The molecule has 3 heteroatoms. The second kappa shape index (κ2) is 5.61. The highest BCUT2D eigenvalue weighted by Crippen LogP contribution is 2.32. The predicted molar refractivity (Wildman–Crippen MR) is 93.1 cm³/mol. The first-order valence-electron chi connectivity index (χ1n) is 7.54. The SMILES string of the molecule is COc1ccc2c(c1)c(-c1ccccc1)nn2-c1ccccc1. The smallest absolute Gasteiger partial charge is 0.119 e. The van der Waals surface area contributed by atoms with Crippen molar-refractivity contribution in [2.75, 3.05) is 7.11 Å². The maximum Gasteiger partial charge on any atom is 0.119 e. The minimum atomic E-state index is 0.835. The first-order chi connectivity index (χ1) is 11.4. The largest absolute Gasteiger partial charge is 0.497 e. The third-order valence-corrected chi connectivity index (χ3v) is 3.94. The third kappa shape index (κ3) is 2.36. The van der Waals surface area contributed by atoms with Crippen molar-refractivity contribution in [3.8, 4) is 22.7 Å². The van der Waals surface area contributed by atoms with Gasteiger partial charge >= 0.3 is 0 Å². The fourth-order valence-electron chi connectivity index (χ4n) is 2.80. The van der Waals surface area contributed by atoms with E-state index in [1.807, 2.05) is 53.2 Å². The van der Waals surface area contributed by atoms with Gasteiger partial charge in [-0.3, -0.25) is 0 Å². The van der Waals surface area contributed by atoms with Gasteiger partial charge in [0.1, 0.15) is 11.4 Å². The van der Waals surface area contributed by atoms with Gasteiger partial charge in [0.2, 0.25) is 0 Å². The minimum absolute atomic E-state index is 0.835. The summed E-state index contributed by atoms with van der Waals surface area (Å²) in [6.45, 7) is 0. The van der Waals surface area contributed by atoms with Gasteiger partial charge in [-0.25, -0.2) is 4.68 Å². The quantitative estimate of drug-likeness (QED) is 0.548. The number of ether oxygens (including phenoxy) is 1. The molecule has 0 aliphatic carbocycles. The standard InChI is InChI=1S/C20H16N2O/c1-23-17-12-13-19-18(14-17)20(15-8-4-2-5-9-15)21-22(19)16-10-6-3-7-11-16/h2-14H,1H3. The number of hydrogen-bond donors (Lipinski definition) is 0. The molecular formula is C20H16N2O. The van der Waals surface area contributed by atoms with E-state index in [2.05, 4.69) is 30.3 Å². The number of rotatable bonds is 3. The molecule has 1 heterocycles. The second-order valence-electron chi connectivity index (χ2n) is 5.35. The van der Waals surface area contributed by atoms with Gasteiger partial charge in [0.15, 0.2) is 0 Å². The second-order valence-corrected chi connectivity index (χ2v) is 5.35. The molecule has 112 valence electrons. The number of hydrogen-bond acceptors (Lipinski definition) is 2. The predicted octanol–water partition coefficient (Wildman–Crippen LogP) is 4.70. The number of para-hydroxylation sites is 1. The number of nitrogens with zero attached hydrogens (tertiary/aromatic N) is 2. The average molecular weight is 300 g/mol. The fourth-order valence-corrected chi connectivity index (χ4v) is 2.80. The molecule has 1 aromatic heterocycles. The van der Waals surface area contributed by atoms with E-state index in [4.69, 9.17) is 9.84 Å². The van der Waals surface area contributed by atoms with Crippen LogP contribution >= 0.6 is 0 Å². The van der Waals surface area contributed by atoms with Crippen LogP contribution in [0.1, 0.15) is 0 Å². The van der Waals surface area contributed by atoms with Crippen LogP contribution in [-0.2, 0) is 0 Å². The molecule has 3 nitrogen and oxygen atoms in total. The lowest BCUT2D eigenvalue weighted by molar-refractivity contribution is 0.415. The average Bonchev–Trinajstić information content (AvgIpc) is 3.02. The molecule has 0 amide bonds. The van der Waals surface area contributed by atoms with Crippen LogP contribution in [0.3, 0.4) is 0 Å². The van der Waals surface area contributed by atoms with E-state index in [1.165, 1.54) is 0 Å². The summed E-state index contributed by atoms with van der Waals surface area (Å²) < 4.78 is 7.37. The van der Waals surface area contributed by atoms with Crippen LogP contribution < -0.4 is 4.74 Å². The maximum atomic E-state index is 5.39. The molecule has 0 saturated carbocycles. The summed E-state index contributed by atoms with van der Waals surface area (Å²) in [5, 5.41) is 5.95. The Kier molecular flexibility index (Phi) is 3.31. The van der Waals surface area contributed by atoms with Crippen molar-refractivity contribution in [1.29, 1.82) is 0 Å². The van der Waals surface area contributed by atoms with Crippen molar-refractivity contribution in [2.45, 2.75) is 0 Å². The van der Waals surface area contributed by atoms with Gasteiger partial charge in [-0.15, -0.1) is 0 Å². The molecule has 0 aliphatic heterocycles. The van der Waals surface area contributed by atoms with E-state index in [9.17, 15) is 0 Å². The van der Waals surface area contributed by atoms with Gasteiger partial charge in [-0.05, 0) is 30.3 Å². The molecule has 0 bridgehead atoms. The third-order valence-electron chi connectivity index (χ3n) is 3.94. The Hall–Kier alpha value is -3.07. The monoisotopic (exact) mass is 300 g/mol. The van der Waals surface area contributed by atoms with Gasteiger partial charge in [0.05, 0.1) is 18.3 Å². The van der Waals surface area contributed by atoms with Crippen molar-refractivity contribution >= 4 is 10.9 Å².